The van der Waals surface area contributed by atoms with E-state index in [2.05, 4.69) is 5.32 Å². The highest BCUT2D eigenvalue weighted by atomic mass is 35.5. The quantitative estimate of drug-likeness (QED) is 0.878. The predicted octanol–water partition coefficient (Wildman–Crippen LogP) is 3.89. The number of nitrogens with one attached hydrogen (secondary N) is 1. The maximum absolute atomic E-state index is 12.2. The van der Waals surface area contributed by atoms with E-state index < -0.39 is 6.10 Å². The molecule has 1 amide bonds. The normalized spacial score (nSPS) is 11.8. The van der Waals surface area contributed by atoms with Crippen LogP contribution < -0.4 is 10.1 Å². The number of benzene rings is 2. The van der Waals surface area contributed by atoms with Crippen LogP contribution in [0.3, 0.4) is 0 Å². The molecule has 0 heterocycles. The van der Waals surface area contributed by atoms with Crippen molar-refractivity contribution in [2.45, 2.75) is 19.6 Å². The van der Waals surface area contributed by atoms with Crippen LogP contribution in [-0.4, -0.2) is 19.1 Å². The average molecular weight is 320 g/mol. The van der Waals surface area contributed by atoms with Crippen molar-refractivity contribution in [1.82, 2.24) is 0 Å². The summed E-state index contributed by atoms with van der Waals surface area (Å²) in [4.78, 5) is 12.2. The number of methoxy groups -OCH3 is 1. The molecule has 0 unspecified atom stereocenters. The van der Waals surface area contributed by atoms with Crippen LogP contribution in [0.1, 0.15) is 12.5 Å². The Hall–Kier alpha value is -2.04. The molecular formula is C17H18ClNO3. The van der Waals surface area contributed by atoms with Crippen molar-refractivity contribution in [3.05, 3.63) is 59.1 Å². The molecule has 116 valence electrons. The molecule has 2 aromatic rings. The third-order valence-electron chi connectivity index (χ3n) is 2.98. The first-order valence-corrected chi connectivity index (χ1v) is 7.27. The Balaban J connectivity index is 1.97. The zero-order valence-electron chi connectivity index (χ0n) is 12.5. The number of ether oxygens (including phenoxy) is 2. The zero-order valence-corrected chi connectivity index (χ0v) is 13.3. The molecule has 1 atom stereocenters. The maximum atomic E-state index is 12.2. The van der Waals surface area contributed by atoms with Crippen molar-refractivity contribution in [3.63, 3.8) is 0 Å². The molecule has 5 heteroatoms. The average Bonchev–Trinajstić information content (AvgIpc) is 2.48. The first-order chi connectivity index (χ1) is 10.6. The molecule has 0 spiro atoms. The zero-order chi connectivity index (χ0) is 15.9. The molecule has 0 fully saturated rings. The third-order valence-corrected chi connectivity index (χ3v) is 3.22. The van der Waals surface area contributed by atoms with Gasteiger partial charge in [-0.05, 0) is 42.8 Å². The molecule has 0 saturated heterocycles. The smallest absolute Gasteiger partial charge is 0.265 e. The number of carbonyl (C=O) groups excluding carboxylic acids is 1. The molecule has 0 bridgehead atoms. The Labute approximate surface area is 135 Å². The molecule has 1 N–H and O–H groups in total. The summed E-state index contributed by atoms with van der Waals surface area (Å²) >= 11 is 5.89. The van der Waals surface area contributed by atoms with E-state index in [0.717, 1.165) is 5.56 Å². The van der Waals surface area contributed by atoms with Crippen LogP contribution in [0.2, 0.25) is 5.02 Å². The Bertz CT molecular complexity index is 645. The summed E-state index contributed by atoms with van der Waals surface area (Å²) in [6.07, 6.45) is -0.635. The second-order valence-electron chi connectivity index (χ2n) is 4.84. The molecule has 0 aliphatic carbocycles. The summed E-state index contributed by atoms with van der Waals surface area (Å²) in [5.41, 5.74) is 1.70. The van der Waals surface area contributed by atoms with Gasteiger partial charge in [0.25, 0.3) is 5.91 Å². The standard InChI is InChI=1S/C17H18ClNO3/c1-12(22-16-8-4-6-14(18)10-16)17(20)19-15-7-3-5-13(9-15)11-21-2/h3-10,12H,11H2,1-2H3,(H,19,20)/t12-/m1/s1. The van der Waals surface area contributed by atoms with Crippen LogP contribution in [0.4, 0.5) is 5.69 Å². The molecule has 2 aromatic carbocycles. The van der Waals surface area contributed by atoms with Crippen molar-refractivity contribution < 1.29 is 14.3 Å². The summed E-state index contributed by atoms with van der Waals surface area (Å²) < 4.78 is 10.7. The molecule has 0 aromatic heterocycles. The van der Waals surface area contributed by atoms with E-state index in [0.29, 0.717) is 23.1 Å². The van der Waals surface area contributed by atoms with Gasteiger partial charge in [0.05, 0.1) is 6.61 Å². The summed E-state index contributed by atoms with van der Waals surface area (Å²) in [6, 6.07) is 14.4. The van der Waals surface area contributed by atoms with Gasteiger partial charge in [-0.15, -0.1) is 0 Å². The monoisotopic (exact) mass is 319 g/mol. The fourth-order valence-corrected chi connectivity index (χ4v) is 2.13. The first-order valence-electron chi connectivity index (χ1n) is 6.89. The molecular weight excluding hydrogens is 302 g/mol. The van der Waals surface area contributed by atoms with E-state index in [1.165, 1.54) is 0 Å². The van der Waals surface area contributed by atoms with Crippen molar-refractivity contribution in [2.75, 3.05) is 12.4 Å². The lowest BCUT2D eigenvalue weighted by Gasteiger charge is -2.15. The second-order valence-corrected chi connectivity index (χ2v) is 5.28. The lowest BCUT2D eigenvalue weighted by molar-refractivity contribution is -0.122. The van der Waals surface area contributed by atoms with Crippen LogP contribution in [0.25, 0.3) is 0 Å². The highest BCUT2D eigenvalue weighted by molar-refractivity contribution is 6.30. The second kappa shape index (κ2) is 7.82. The first kappa shape index (κ1) is 16.3. The van der Waals surface area contributed by atoms with Crippen LogP contribution >= 0.6 is 11.6 Å². The van der Waals surface area contributed by atoms with E-state index in [9.17, 15) is 4.79 Å². The fourth-order valence-electron chi connectivity index (χ4n) is 1.95. The number of halogens is 1. The topological polar surface area (TPSA) is 47.6 Å². The molecule has 0 aliphatic heterocycles. The predicted molar refractivity (Wildman–Crippen MR) is 87.3 cm³/mol. The number of anilines is 1. The van der Waals surface area contributed by atoms with Crippen molar-refractivity contribution in [3.8, 4) is 5.75 Å². The van der Waals surface area contributed by atoms with Crippen molar-refractivity contribution >= 4 is 23.2 Å². The molecule has 0 radical (unpaired) electrons. The molecule has 4 nitrogen and oxygen atoms in total. The third kappa shape index (κ3) is 4.76. The van der Waals surface area contributed by atoms with E-state index in [-0.39, 0.29) is 5.91 Å². The number of amides is 1. The summed E-state index contributed by atoms with van der Waals surface area (Å²) in [7, 11) is 1.63. The summed E-state index contributed by atoms with van der Waals surface area (Å²) in [6.45, 7) is 2.19. The molecule has 0 saturated carbocycles. The fraction of sp³-hybridized carbons (Fsp3) is 0.235. The Kier molecular flexibility index (Phi) is 5.81. The van der Waals surface area contributed by atoms with Gasteiger partial charge in [-0.3, -0.25) is 4.79 Å². The lowest BCUT2D eigenvalue weighted by atomic mass is 10.2. The van der Waals surface area contributed by atoms with Crippen LogP contribution in [0.5, 0.6) is 5.75 Å². The van der Waals surface area contributed by atoms with Gasteiger partial charge in [0.1, 0.15) is 5.75 Å². The van der Waals surface area contributed by atoms with Gasteiger partial charge in [0.15, 0.2) is 6.10 Å². The highest BCUT2D eigenvalue weighted by Crippen LogP contribution is 2.19. The van der Waals surface area contributed by atoms with Crippen molar-refractivity contribution in [2.24, 2.45) is 0 Å². The van der Waals surface area contributed by atoms with Gasteiger partial charge < -0.3 is 14.8 Å². The summed E-state index contributed by atoms with van der Waals surface area (Å²) in [5.74, 6) is 0.331. The minimum atomic E-state index is -0.635. The van der Waals surface area contributed by atoms with Crippen molar-refractivity contribution in [1.29, 1.82) is 0 Å². The van der Waals surface area contributed by atoms with E-state index in [4.69, 9.17) is 21.1 Å². The minimum absolute atomic E-state index is 0.227. The van der Waals surface area contributed by atoms with Gasteiger partial charge in [-0.1, -0.05) is 29.8 Å². The van der Waals surface area contributed by atoms with Gasteiger partial charge in [0, 0.05) is 17.8 Å². The van der Waals surface area contributed by atoms with Crippen LogP contribution in [0.15, 0.2) is 48.5 Å². The molecule has 22 heavy (non-hydrogen) atoms. The highest BCUT2D eigenvalue weighted by Gasteiger charge is 2.15. The van der Waals surface area contributed by atoms with Gasteiger partial charge in [-0.25, -0.2) is 0 Å². The number of hydrogen-bond donors (Lipinski definition) is 1. The Morgan fingerprint density at radius 3 is 2.73 bits per heavy atom. The van der Waals surface area contributed by atoms with Gasteiger partial charge >= 0.3 is 0 Å². The Morgan fingerprint density at radius 1 is 1.23 bits per heavy atom. The van der Waals surface area contributed by atoms with E-state index in [1.807, 2.05) is 24.3 Å². The van der Waals surface area contributed by atoms with E-state index >= 15 is 0 Å². The number of carbonyl (C=O) groups is 1. The number of hydrogen-bond acceptors (Lipinski definition) is 3. The van der Waals surface area contributed by atoms with Gasteiger partial charge in [0.2, 0.25) is 0 Å². The molecule has 0 aliphatic rings. The summed E-state index contributed by atoms with van der Waals surface area (Å²) in [5, 5.41) is 3.39. The van der Waals surface area contributed by atoms with Crippen LogP contribution in [0, 0.1) is 0 Å². The largest absolute Gasteiger partial charge is 0.481 e. The SMILES string of the molecule is COCc1cccc(NC(=O)[C@@H](C)Oc2cccc(Cl)c2)c1. The lowest BCUT2D eigenvalue weighted by Crippen LogP contribution is -2.30. The molecule has 2 rings (SSSR count). The minimum Gasteiger partial charge on any atom is -0.481 e. The van der Waals surface area contributed by atoms with Crippen LogP contribution in [-0.2, 0) is 16.1 Å². The maximum Gasteiger partial charge on any atom is 0.265 e. The number of rotatable bonds is 6. The van der Waals surface area contributed by atoms with Gasteiger partial charge in [-0.2, -0.15) is 0 Å². The Morgan fingerprint density at radius 2 is 2.00 bits per heavy atom. The van der Waals surface area contributed by atoms with E-state index in [1.54, 1.807) is 38.3 Å².